The summed E-state index contributed by atoms with van der Waals surface area (Å²) in [6.45, 7) is 0. The summed E-state index contributed by atoms with van der Waals surface area (Å²) in [6, 6.07) is 12.0. The number of unbranched alkanes of at least 4 members (excludes halogenated alkanes) is 3. The Morgan fingerprint density at radius 2 is 0.962 bits per heavy atom. The third-order valence-electron chi connectivity index (χ3n) is 4.62. The first-order chi connectivity index (χ1) is 12.7. The molecule has 0 spiro atoms. The molecule has 0 aliphatic rings. The first-order valence-corrected chi connectivity index (χ1v) is 9.13. The van der Waals surface area contributed by atoms with Crippen molar-refractivity contribution in [3.63, 3.8) is 0 Å². The maximum absolute atomic E-state index is 5.45. The maximum Gasteiger partial charge on any atom is 0.122 e. The van der Waals surface area contributed by atoms with Gasteiger partial charge in [-0.1, -0.05) is 12.8 Å². The lowest BCUT2D eigenvalue weighted by Gasteiger charge is -2.11. The molecule has 0 saturated carbocycles. The van der Waals surface area contributed by atoms with Crippen molar-refractivity contribution in [3.05, 3.63) is 47.5 Å². The molecule has 0 bridgehead atoms. The second kappa shape index (κ2) is 10.6. The van der Waals surface area contributed by atoms with E-state index in [4.69, 9.17) is 18.9 Å². The first kappa shape index (κ1) is 20.0. The lowest BCUT2D eigenvalue weighted by atomic mass is 10.0. The van der Waals surface area contributed by atoms with E-state index in [1.807, 2.05) is 24.3 Å². The number of ether oxygens (including phenoxy) is 4. The lowest BCUT2D eigenvalue weighted by Crippen LogP contribution is -1.96. The van der Waals surface area contributed by atoms with E-state index in [1.54, 1.807) is 28.4 Å². The zero-order chi connectivity index (χ0) is 18.8. The Kier molecular flexibility index (Phi) is 8.13. The van der Waals surface area contributed by atoms with Gasteiger partial charge in [0.25, 0.3) is 0 Å². The molecule has 2 aromatic carbocycles. The van der Waals surface area contributed by atoms with Crippen LogP contribution in [0.2, 0.25) is 0 Å². The summed E-state index contributed by atoms with van der Waals surface area (Å²) in [7, 11) is 6.82. The number of hydrogen-bond acceptors (Lipinski definition) is 4. The zero-order valence-corrected chi connectivity index (χ0v) is 16.3. The van der Waals surface area contributed by atoms with Crippen molar-refractivity contribution >= 4 is 0 Å². The standard InChI is InChI=1S/C22H30O4/c1-23-19-11-13-21(25-3)17(15-19)9-7-5-6-8-10-18-16-20(24-2)12-14-22(18)26-4/h11-16H,5-10H2,1-4H3. The van der Waals surface area contributed by atoms with Crippen molar-refractivity contribution in [2.24, 2.45) is 0 Å². The molecule has 4 nitrogen and oxygen atoms in total. The van der Waals surface area contributed by atoms with Gasteiger partial charge in [-0.3, -0.25) is 0 Å². The maximum atomic E-state index is 5.45. The molecule has 142 valence electrons. The minimum atomic E-state index is 0.880. The summed E-state index contributed by atoms with van der Waals surface area (Å²) in [4.78, 5) is 0. The van der Waals surface area contributed by atoms with Gasteiger partial charge in [-0.05, 0) is 73.2 Å². The monoisotopic (exact) mass is 358 g/mol. The number of hydrogen-bond donors (Lipinski definition) is 0. The van der Waals surface area contributed by atoms with Gasteiger partial charge in [0.2, 0.25) is 0 Å². The van der Waals surface area contributed by atoms with Gasteiger partial charge in [0.05, 0.1) is 28.4 Å². The van der Waals surface area contributed by atoms with Crippen LogP contribution in [0.25, 0.3) is 0 Å². The highest BCUT2D eigenvalue weighted by molar-refractivity contribution is 5.41. The molecule has 0 heterocycles. The first-order valence-electron chi connectivity index (χ1n) is 9.13. The number of benzene rings is 2. The fourth-order valence-electron chi connectivity index (χ4n) is 3.14. The Balaban J connectivity index is 1.78. The van der Waals surface area contributed by atoms with Crippen LogP contribution < -0.4 is 18.9 Å². The van der Waals surface area contributed by atoms with E-state index in [0.29, 0.717) is 0 Å². The van der Waals surface area contributed by atoms with Gasteiger partial charge in [-0.2, -0.15) is 0 Å². The molecule has 2 rings (SSSR count). The molecule has 26 heavy (non-hydrogen) atoms. The van der Waals surface area contributed by atoms with Crippen molar-refractivity contribution in [1.82, 2.24) is 0 Å². The van der Waals surface area contributed by atoms with E-state index in [-0.39, 0.29) is 0 Å². The topological polar surface area (TPSA) is 36.9 Å². The summed E-state index contributed by atoms with van der Waals surface area (Å²) in [5.41, 5.74) is 2.42. The molecule has 2 aromatic rings. The molecule has 0 N–H and O–H groups in total. The van der Waals surface area contributed by atoms with Gasteiger partial charge in [0.1, 0.15) is 23.0 Å². The fourth-order valence-corrected chi connectivity index (χ4v) is 3.14. The van der Waals surface area contributed by atoms with E-state index < -0.39 is 0 Å². The van der Waals surface area contributed by atoms with E-state index in [1.165, 1.54) is 24.0 Å². The predicted octanol–water partition coefficient (Wildman–Crippen LogP) is 5.07. The van der Waals surface area contributed by atoms with Crippen LogP contribution in [0.15, 0.2) is 36.4 Å². The minimum Gasteiger partial charge on any atom is -0.497 e. The van der Waals surface area contributed by atoms with Gasteiger partial charge >= 0.3 is 0 Å². The van der Waals surface area contributed by atoms with Crippen LogP contribution in [0.3, 0.4) is 0 Å². The molecule has 0 radical (unpaired) electrons. The van der Waals surface area contributed by atoms with Crippen molar-refractivity contribution < 1.29 is 18.9 Å². The van der Waals surface area contributed by atoms with Gasteiger partial charge in [0, 0.05) is 0 Å². The summed E-state index contributed by atoms with van der Waals surface area (Å²) < 4.78 is 21.5. The molecule has 0 unspecified atom stereocenters. The lowest BCUT2D eigenvalue weighted by molar-refractivity contribution is 0.397. The molecule has 0 aromatic heterocycles. The predicted molar refractivity (Wildman–Crippen MR) is 105 cm³/mol. The Morgan fingerprint density at radius 1 is 0.538 bits per heavy atom. The van der Waals surface area contributed by atoms with E-state index in [0.717, 1.165) is 48.7 Å². The second-order valence-electron chi connectivity index (χ2n) is 6.27. The van der Waals surface area contributed by atoms with E-state index in [9.17, 15) is 0 Å². The summed E-state index contributed by atoms with van der Waals surface area (Å²) >= 11 is 0. The Hall–Kier alpha value is -2.36. The average Bonchev–Trinajstić information content (AvgIpc) is 2.70. The van der Waals surface area contributed by atoms with Crippen LogP contribution in [0.4, 0.5) is 0 Å². The molecule has 0 aliphatic carbocycles. The highest BCUT2D eigenvalue weighted by atomic mass is 16.5. The third-order valence-corrected chi connectivity index (χ3v) is 4.62. The SMILES string of the molecule is COc1ccc(OC)c(CCCCCCc2cc(OC)ccc2OC)c1. The molecule has 4 heteroatoms. The van der Waals surface area contributed by atoms with Crippen molar-refractivity contribution in [2.75, 3.05) is 28.4 Å². The van der Waals surface area contributed by atoms with Crippen LogP contribution in [0.5, 0.6) is 23.0 Å². The highest BCUT2D eigenvalue weighted by Gasteiger charge is 2.07. The van der Waals surface area contributed by atoms with Gasteiger partial charge < -0.3 is 18.9 Å². The molecule has 0 atom stereocenters. The van der Waals surface area contributed by atoms with Gasteiger partial charge in [-0.25, -0.2) is 0 Å². The molecular weight excluding hydrogens is 328 g/mol. The van der Waals surface area contributed by atoms with E-state index in [2.05, 4.69) is 12.1 Å². The normalized spacial score (nSPS) is 10.5. The second-order valence-corrected chi connectivity index (χ2v) is 6.27. The van der Waals surface area contributed by atoms with Gasteiger partial charge in [-0.15, -0.1) is 0 Å². The molecule has 0 amide bonds. The minimum absolute atomic E-state index is 0.880. The van der Waals surface area contributed by atoms with Gasteiger partial charge in [0.15, 0.2) is 0 Å². The molecule has 0 aliphatic heterocycles. The third kappa shape index (κ3) is 5.58. The van der Waals surface area contributed by atoms with Crippen LogP contribution in [-0.2, 0) is 12.8 Å². The largest absolute Gasteiger partial charge is 0.497 e. The van der Waals surface area contributed by atoms with Crippen LogP contribution in [0, 0.1) is 0 Å². The highest BCUT2D eigenvalue weighted by Crippen LogP contribution is 2.27. The van der Waals surface area contributed by atoms with Crippen LogP contribution >= 0.6 is 0 Å². The number of aryl methyl sites for hydroxylation is 2. The molecular formula is C22H30O4. The van der Waals surface area contributed by atoms with E-state index >= 15 is 0 Å². The van der Waals surface area contributed by atoms with Crippen LogP contribution in [0.1, 0.15) is 36.8 Å². The fraction of sp³-hybridized carbons (Fsp3) is 0.455. The smallest absolute Gasteiger partial charge is 0.122 e. The summed E-state index contributed by atoms with van der Waals surface area (Å²) in [6.07, 6.45) is 6.66. The molecule has 0 saturated heterocycles. The van der Waals surface area contributed by atoms with Crippen molar-refractivity contribution in [2.45, 2.75) is 38.5 Å². The quantitative estimate of drug-likeness (QED) is 0.526. The van der Waals surface area contributed by atoms with Crippen molar-refractivity contribution in [1.29, 1.82) is 0 Å². The Labute approximate surface area is 157 Å². The zero-order valence-electron chi connectivity index (χ0n) is 16.3. The summed E-state index contributed by atoms with van der Waals surface area (Å²) in [5.74, 6) is 3.63. The Morgan fingerprint density at radius 3 is 1.31 bits per heavy atom. The average molecular weight is 358 g/mol. The number of rotatable bonds is 11. The molecule has 0 fully saturated rings. The van der Waals surface area contributed by atoms with Crippen LogP contribution in [-0.4, -0.2) is 28.4 Å². The summed E-state index contributed by atoms with van der Waals surface area (Å²) in [5, 5.41) is 0. The number of methoxy groups -OCH3 is 4. The Bertz CT molecular complexity index is 622. The van der Waals surface area contributed by atoms with Crippen molar-refractivity contribution in [3.8, 4) is 23.0 Å².